The molecule has 0 rings (SSSR count). The first-order valence-corrected chi connectivity index (χ1v) is 4.50. The van der Waals surface area contributed by atoms with Gasteiger partial charge in [0.2, 0.25) is 0 Å². The Hall–Kier alpha value is 0.0200. The molecule has 1 nitrogen and oxygen atoms in total. The molecule has 0 aromatic carbocycles. The predicted molar refractivity (Wildman–Crippen MR) is 51.8 cm³/mol. The molecule has 0 spiro atoms. The monoisotopic (exact) mass is 194 g/mol. The van der Waals surface area contributed by atoms with E-state index in [4.69, 9.17) is 23.2 Å². The van der Waals surface area contributed by atoms with E-state index in [2.05, 4.69) is 13.2 Å². The summed E-state index contributed by atoms with van der Waals surface area (Å²) in [5.74, 6) is 0. The van der Waals surface area contributed by atoms with Gasteiger partial charge in [-0.3, -0.25) is 4.48 Å². The lowest BCUT2D eigenvalue weighted by atomic mass is 10.4. The molecule has 0 saturated heterocycles. The Morgan fingerprint density at radius 3 is 1.55 bits per heavy atom. The molecule has 3 heteroatoms. The highest BCUT2D eigenvalue weighted by molar-refractivity contribution is 6.18. The lowest BCUT2D eigenvalue weighted by Crippen LogP contribution is -2.46. The third-order valence-electron chi connectivity index (χ3n) is 1.54. The first kappa shape index (κ1) is 11.0. The SMILES string of the molecule is C=CC[N+](CCl)(CCl)CC=C. The maximum Gasteiger partial charge on any atom is 0.156 e. The number of rotatable bonds is 6. The Morgan fingerprint density at radius 2 is 1.36 bits per heavy atom. The van der Waals surface area contributed by atoms with Crippen molar-refractivity contribution < 1.29 is 4.48 Å². The third-order valence-corrected chi connectivity index (χ3v) is 2.55. The fourth-order valence-corrected chi connectivity index (χ4v) is 1.50. The van der Waals surface area contributed by atoms with Crippen LogP contribution in [0.3, 0.4) is 0 Å². The highest BCUT2D eigenvalue weighted by Crippen LogP contribution is 2.10. The number of alkyl halides is 2. The van der Waals surface area contributed by atoms with Crippen molar-refractivity contribution in [2.45, 2.75) is 0 Å². The van der Waals surface area contributed by atoms with Crippen molar-refractivity contribution in [2.75, 3.05) is 25.1 Å². The van der Waals surface area contributed by atoms with Crippen LogP contribution in [0.1, 0.15) is 0 Å². The fourth-order valence-electron chi connectivity index (χ4n) is 0.849. The Bertz CT molecular complexity index is 118. The Balaban J connectivity index is 4.17. The van der Waals surface area contributed by atoms with Gasteiger partial charge in [-0.05, 0) is 12.2 Å². The van der Waals surface area contributed by atoms with Crippen LogP contribution in [-0.4, -0.2) is 29.6 Å². The number of hydrogen-bond donors (Lipinski definition) is 0. The summed E-state index contributed by atoms with van der Waals surface area (Å²) < 4.78 is 0.621. The zero-order valence-electron chi connectivity index (χ0n) is 6.60. The molecule has 0 bridgehead atoms. The van der Waals surface area contributed by atoms with Gasteiger partial charge >= 0.3 is 0 Å². The molecule has 64 valence electrons. The Kier molecular flexibility index (Phi) is 5.65. The second kappa shape index (κ2) is 5.64. The molecule has 0 aromatic rings. The van der Waals surface area contributed by atoms with Crippen molar-refractivity contribution in [1.29, 1.82) is 0 Å². The molecule has 0 aliphatic carbocycles. The van der Waals surface area contributed by atoms with Gasteiger partial charge in [0.1, 0.15) is 0 Å². The fraction of sp³-hybridized carbons (Fsp3) is 0.500. The minimum atomic E-state index is 0.502. The molecule has 0 N–H and O–H groups in total. The predicted octanol–water partition coefficient (Wildman–Crippen LogP) is 2.57. The van der Waals surface area contributed by atoms with Crippen molar-refractivity contribution in [3.05, 3.63) is 25.3 Å². The molecule has 0 unspecified atom stereocenters. The van der Waals surface area contributed by atoms with E-state index in [9.17, 15) is 0 Å². The standard InChI is InChI=1S/C8H14Cl2N/c1-3-5-11(7-9,8-10)6-4-2/h3-4H,1-2,5-8H2/q+1. The summed E-state index contributed by atoms with van der Waals surface area (Å²) in [5.41, 5.74) is 0. The molecule has 0 saturated carbocycles. The van der Waals surface area contributed by atoms with E-state index in [0.717, 1.165) is 13.1 Å². The van der Waals surface area contributed by atoms with E-state index >= 15 is 0 Å². The van der Waals surface area contributed by atoms with Crippen molar-refractivity contribution in [3.63, 3.8) is 0 Å². The topological polar surface area (TPSA) is 0 Å². The summed E-state index contributed by atoms with van der Waals surface area (Å²) >= 11 is 11.5. The van der Waals surface area contributed by atoms with Crippen LogP contribution in [0.15, 0.2) is 25.3 Å². The van der Waals surface area contributed by atoms with Gasteiger partial charge < -0.3 is 0 Å². The average molecular weight is 195 g/mol. The van der Waals surface area contributed by atoms with Crippen LogP contribution in [0, 0.1) is 0 Å². The maximum atomic E-state index is 5.77. The van der Waals surface area contributed by atoms with Gasteiger partial charge in [-0.15, -0.1) is 0 Å². The van der Waals surface area contributed by atoms with Crippen LogP contribution in [0.25, 0.3) is 0 Å². The van der Waals surface area contributed by atoms with E-state index in [1.807, 2.05) is 12.2 Å². The van der Waals surface area contributed by atoms with Crippen LogP contribution in [0.5, 0.6) is 0 Å². The first-order chi connectivity index (χ1) is 5.24. The van der Waals surface area contributed by atoms with Gasteiger partial charge in [-0.2, -0.15) is 0 Å². The summed E-state index contributed by atoms with van der Waals surface area (Å²) in [6, 6.07) is 1.00. The van der Waals surface area contributed by atoms with Gasteiger partial charge in [0.05, 0.1) is 13.1 Å². The molecule has 0 heterocycles. The van der Waals surface area contributed by atoms with E-state index in [0.29, 0.717) is 16.5 Å². The minimum Gasteiger partial charge on any atom is -0.292 e. The average Bonchev–Trinajstić information content (AvgIpc) is 2.04. The zero-order valence-corrected chi connectivity index (χ0v) is 8.11. The first-order valence-electron chi connectivity index (χ1n) is 3.43. The van der Waals surface area contributed by atoms with Crippen LogP contribution < -0.4 is 0 Å². The lowest BCUT2D eigenvalue weighted by Gasteiger charge is -2.31. The number of halogens is 2. The Morgan fingerprint density at radius 1 is 1.00 bits per heavy atom. The molecular weight excluding hydrogens is 181 g/mol. The quantitative estimate of drug-likeness (QED) is 0.264. The molecule has 0 aliphatic heterocycles. The zero-order chi connectivity index (χ0) is 8.74. The smallest absolute Gasteiger partial charge is 0.156 e. The molecule has 0 amide bonds. The molecule has 0 radical (unpaired) electrons. The summed E-state index contributed by atoms with van der Waals surface area (Å²) in [6.07, 6.45) is 3.66. The van der Waals surface area contributed by atoms with Gasteiger partial charge in [0, 0.05) is 0 Å². The normalized spacial score (nSPS) is 11.1. The third kappa shape index (κ3) is 3.28. The summed E-state index contributed by atoms with van der Waals surface area (Å²) in [7, 11) is 0. The molecule has 0 fully saturated rings. The van der Waals surface area contributed by atoms with Crippen LogP contribution in [-0.2, 0) is 0 Å². The summed E-state index contributed by atoms with van der Waals surface area (Å²) in [6.45, 7) is 8.89. The summed E-state index contributed by atoms with van der Waals surface area (Å²) in [4.78, 5) is 0. The number of nitrogens with zero attached hydrogens (tertiary/aromatic N) is 1. The Labute approximate surface area is 78.5 Å². The number of hydrogen-bond acceptors (Lipinski definition) is 0. The summed E-state index contributed by atoms with van der Waals surface area (Å²) in [5, 5.41) is 0. The van der Waals surface area contributed by atoms with Crippen LogP contribution in [0.4, 0.5) is 0 Å². The van der Waals surface area contributed by atoms with Gasteiger partial charge in [-0.1, -0.05) is 36.4 Å². The minimum absolute atomic E-state index is 0.502. The van der Waals surface area contributed by atoms with E-state index in [1.165, 1.54) is 0 Å². The van der Waals surface area contributed by atoms with Crippen molar-refractivity contribution in [2.24, 2.45) is 0 Å². The molecule has 0 aromatic heterocycles. The molecular formula is C8H14Cl2N+. The second-order valence-electron chi connectivity index (χ2n) is 2.52. The van der Waals surface area contributed by atoms with Crippen LogP contribution >= 0.6 is 23.2 Å². The number of quaternary nitrogens is 1. The highest BCUT2D eigenvalue weighted by Gasteiger charge is 2.21. The maximum absolute atomic E-state index is 5.77. The van der Waals surface area contributed by atoms with Crippen molar-refractivity contribution >= 4 is 23.2 Å². The largest absolute Gasteiger partial charge is 0.292 e. The van der Waals surface area contributed by atoms with Crippen molar-refractivity contribution in [1.82, 2.24) is 0 Å². The van der Waals surface area contributed by atoms with Gasteiger partial charge in [-0.25, -0.2) is 0 Å². The van der Waals surface area contributed by atoms with Crippen molar-refractivity contribution in [3.8, 4) is 0 Å². The van der Waals surface area contributed by atoms with Crippen LogP contribution in [0.2, 0.25) is 0 Å². The van der Waals surface area contributed by atoms with E-state index < -0.39 is 0 Å². The molecule has 0 aliphatic rings. The van der Waals surface area contributed by atoms with E-state index in [1.54, 1.807) is 0 Å². The van der Waals surface area contributed by atoms with E-state index in [-0.39, 0.29) is 0 Å². The second-order valence-corrected chi connectivity index (χ2v) is 3.00. The molecule has 11 heavy (non-hydrogen) atoms. The van der Waals surface area contributed by atoms with Gasteiger partial charge in [0.25, 0.3) is 0 Å². The lowest BCUT2D eigenvalue weighted by molar-refractivity contribution is -0.895. The highest BCUT2D eigenvalue weighted by atomic mass is 35.5. The molecule has 0 atom stereocenters. The van der Waals surface area contributed by atoms with Gasteiger partial charge in [0.15, 0.2) is 12.0 Å².